The summed E-state index contributed by atoms with van der Waals surface area (Å²) >= 11 is 0. The van der Waals surface area contributed by atoms with Crippen LogP contribution in [0.15, 0.2) is 47.3 Å². The van der Waals surface area contributed by atoms with Gasteiger partial charge in [-0.15, -0.1) is 0 Å². The third-order valence-corrected chi connectivity index (χ3v) is 5.19. The summed E-state index contributed by atoms with van der Waals surface area (Å²) in [6.07, 6.45) is 8.62. The predicted octanol–water partition coefficient (Wildman–Crippen LogP) is 3.37. The van der Waals surface area contributed by atoms with Crippen LogP contribution in [-0.4, -0.2) is 39.0 Å². The first-order chi connectivity index (χ1) is 13.7. The molecule has 146 valence electrons. The fourth-order valence-corrected chi connectivity index (χ4v) is 3.73. The number of likely N-dealkylation sites (tertiary alicyclic amines) is 1. The van der Waals surface area contributed by atoms with E-state index in [0.29, 0.717) is 24.7 Å². The zero-order valence-corrected chi connectivity index (χ0v) is 16.2. The van der Waals surface area contributed by atoms with Crippen LogP contribution in [0, 0.1) is 0 Å². The number of methoxy groups -OCH3 is 1. The van der Waals surface area contributed by atoms with Gasteiger partial charge < -0.3 is 18.6 Å². The van der Waals surface area contributed by atoms with Crippen LogP contribution in [0.5, 0.6) is 5.75 Å². The number of benzene rings is 1. The fourth-order valence-electron chi connectivity index (χ4n) is 3.73. The van der Waals surface area contributed by atoms with Crippen LogP contribution in [0.4, 0.5) is 0 Å². The zero-order valence-electron chi connectivity index (χ0n) is 16.2. The van der Waals surface area contributed by atoms with Crippen molar-refractivity contribution in [2.24, 2.45) is 7.05 Å². The van der Waals surface area contributed by atoms with Gasteiger partial charge in [0.1, 0.15) is 17.6 Å². The summed E-state index contributed by atoms with van der Waals surface area (Å²) in [5.41, 5.74) is 1.04. The van der Waals surface area contributed by atoms with E-state index in [1.165, 1.54) is 0 Å². The van der Waals surface area contributed by atoms with Gasteiger partial charge in [-0.3, -0.25) is 4.79 Å². The lowest BCUT2D eigenvalue weighted by Gasteiger charge is -2.33. The summed E-state index contributed by atoms with van der Waals surface area (Å²) in [7, 11) is 3.49. The molecule has 0 saturated carbocycles. The molecule has 1 amide bonds. The number of para-hydroxylation sites is 1. The molecule has 0 bridgehead atoms. The molecule has 0 aliphatic carbocycles. The minimum atomic E-state index is -0.163. The number of aromatic nitrogens is 3. The van der Waals surface area contributed by atoms with Gasteiger partial charge in [-0.1, -0.05) is 18.2 Å². The number of piperidine rings is 1. The van der Waals surface area contributed by atoms with Gasteiger partial charge in [0.15, 0.2) is 5.82 Å². The Hall–Kier alpha value is -3.09. The third kappa shape index (κ3) is 3.52. The number of amides is 1. The molecule has 0 radical (unpaired) electrons. The molecule has 1 atom stereocenters. The summed E-state index contributed by atoms with van der Waals surface area (Å²) in [4.78, 5) is 23.5. The maximum atomic E-state index is 13.0. The first-order valence-electron chi connectivity index (χ1n) is 9.52. The molecule has 1 aromatic carbocycles. The first kappa shape index (κ1) is 18.3. The summed E-state index contributed by atoms with van der Waals surface area (Å²) in [5.74, 6) is 2.53. The zero-order chi connectivity index (χ0) is 19.5. The number of imidazole rings is 1. The van der Waals surface area contributed by atoms with Gasteiger partial charge in [0.2, 0.25) is 5.89 Å². The van der Waals surface area contributed by atoms with Crippen LogP contribution in [0.3, 0.4) is 0 Å². The quantitative estimate of drug-likeness (QED) is 0.678. The van der Waals surface area contributed by atoms with Gasteiger partial charge in [-0.2, -0.15) is 0 Å². The van der Waals surface area contributed by atoms with E-state index in [1.54, 1.807) is 30.3 Å². The van der Waals surface area contributed by atoms with Crippen molar-refractivity contribution in [3.63, 3.8) is 0 Å². The van der Waals surface area contributed by atoms with E-state index in [-0.39, 0.29) is 11.9 Å². The monoisotopic (exact) mass is 380 g/mol. The normalized spacial score (nSPS) is 16.9. The number of hydrogen-bond acceptors (Lipinski definition) is 5. The Labute approximate surface area is 164 Å². The van der Waals surface area contributed by atoms with E-state index in [9.17, 15) is 4.79 Å². The number of carbonyl (C=O) groups excluding carboxylic acids is 1. The Morgan fingerprint density at radius 2 is 2.14 bits per heavy atom. The summed E-state index contributed by atoms with van der Waals surface area (Å²) < 4.78 is 13.2. The molecule has 7 heteroatoms. The van der Waals surface area contributed by atoms with E-state index in [1.807, 2.05) is 36.2 Å². The van der Waals surface area contributed by atoms with Crippen molar-refractivity contribution in [3.05, 3.63) is 65.9 Å². The second kappa shape index (κ2) is 7.88. The lowest BCUT2D eigenvalue weighted by molar-refractivity contribution is 0.0554. The van der Waals surface area contributed by atoms with E-state index < -0.39 is 0 Å². The van der Waals surface area contributed by atoms with Gasteiger partial charge in [0.25, 0.3) is 5.91 Å². The molecule has 1 fully saturated rings. The highest BCUT2D eigenvalue weighted by Gasteiger charge is 2.33. The van der Waals surface area contributed by atoms with Gasteiger partial charge in [-0.25, -0.2) is 9.97 Å². The molecule has 0 N–H and O–H groups in total. The summed E-state index contributed by atoms with van der Waals surface area (Å²) in [6, 6.07) is 7.70. The maximum absolute atomic E-state index is 13.0. The molecular weight excluding hydrogens is 356 g/mol. The Morgan fingerprint density at radius 1 is 1.29 bits per heavy atom. The molecule has 3 aromatic rings. The average molecular weight is 380 g/mol. The first-order valence-corrected chi connectivity index (χ1v) is 9.52. The number of carbonyl (C=O) groups is 1. The Balaban J connectivity index is 1.56. The molecule has 7 nitrogen and oxygen atoms in total. The smallest absolute Gasteiger partial charge is 0.290 e. The largest absolute Gasteiger partial charge is 0.496 e. The van der Waals surface area contributed by atoms with Crippen molar-refractivity contribution in [2.45, 2.75) is 31.7 Å². The van der Waals surface area contributed by atoms with Crippen molar-refractivity contribution >= 4 is 5.91 Å². The number of nitrogens with zero attached hydrogens (tertiary/aromatic N) is 4. The number of oxazole rings is 1. The topological polar surface area (TPSA) is 73.4 Å². The van der Waals surface area contributed by atoms with Crippen molar-refractivity contribution in [3.8, 4) is 5.75 Å². The Bertz CT molecular complexity index is 962. The second-order valence-corrected chi connectivity index (χ2v) is 7.03. The highest BCUT2D eigenvalue weighted by atomic mass is 16.5. The van der Waals surface area contributed by atoms with E-state index in [0.717, 1.165) is 36.3 Å². The molecule has 1 unspecified atom stereocenters. The standard InChI is InChI=1S/C21H24N4O3/c1-24-12-10-22-19(24)21(26)25-11-6-5-8-17(25)20-23-14-16(28-20)13-15-7-3-4-9-18(15)27-2/h3-4,7,9-10,12,14,17H,5-6,8,11,13H2,1-2H3. The molecule has 4 rings (SSSR count). The number of hydrogen-bond donors (Lipinski definition) is 0. The van der Waals surface area contributed by atoms with Gasteiger partial charge in [-0.05, 0) is 25.3 Å². The van der Waals surface area contributed by atoms with Gasteiger partial charge >= 0.3 is 0 Å². The van der Waals surface area contributed by atoms with Crippen molar-refractivity contribution in [1.82, 2.24) is 19.4 Å². The molecule has 3 heterocycles. The molecule has 28 heavy (non-hydrogen) atoms. The molecule has 1 aliphatic rings. The number of aryl methyl sites for hydroxylation is 1. The molecule has 0 spiro atoms. The van der Waals surface area contributed by atoms with Crippen LogP contribution in [-0.2, 0) is 13.5 Å². The lowest BCUT2D eigenvalue weighted by Crippen LogP contribution is -2.39. The number of rotatable bonds is 5. The molecule has 2 aromatic heterocycles. The van der Waals surface area contributed by atoms with Crippen LogP contribution >= 0.6 is 0 Å². The van der Waals surface area contributed by atoms with Crippen LogP contribution < -0.4 is 4.74 Å². The predicted molar refractivity (Wildman–Crippen MR) is 103 cm³/mol. The Morgan fingerprint density at radius 3 is 2.93 bits per heavy atom. The highest BCUT2D eigenvalue weighted by Crippen LogP contribution is 2.32. The molecule has 1 aliphatic heterocycles. The molecular formula is C21H24N4O3. The lowest BCUT2D eigenvalue weighted by atomic mass is 10.0. The summed E-state index contributed by atoms with van der Waals surface area (Å²) in [6.45, 7) is 0.681. The van der Waals surface area contributed by atoms with Crippen LogP contribution in [0.2, 0.25) is 0 Å². The van der Waals surface area contributed by atoms with E-state index in [4.69, 9.17) is 9.15 Å². The Kier molecular flexibility index (Phi) is 5.14. The maximum Gasteiger partial charge on any atom is 0.290 e. The van der Waals surface area contributed by atoms with Crippen LogP contribution in [0.1, 0.15) is 53.1 Å². The van der Waals surface area contributed by atoms with Gasteiger partial charge in [0.05, 0.1) is 13.3 Å². The SMILES string of the molecule is COc1ccccc1Cc1cnc(C2CCCCN2C(=O)c2nccn2C)o1. The third-order valence-electron chi connectivity index (χ3n) is 5.19. The van der Waals surface area contributed by atoms with E-state index in [2.05, 4.69) is 9.97 Å². The number of ether oxygens (including phenoxy) is 1. The van der Waals surface area contributed by atoms with Crippen molar-refractivity contribution < 1.29 is 13.9 Å². The van der Waals surface area contributed by atoms with E-state index >= 15 is 0 Å². The fraction of sp³-hybridized carbons (Fsp3) is 0.381. The van der Waals surface area contributed by atoms with Crippen molar-refractivity contribution in [2.75, 3.05) is 13.7 Å². The van der Waals surface area contributed by atoms with Crippen LogP contribution in [0.25, 0.3) is 0 Å². The minimum absolute atomic E-state index is 0.0818. The average Bonchev–Trinajstić information content (AvgIpc) is 3.37. The summed E-state index contributed by atoms with van der Waals surface area (Å²) in [5, 5.41) is 0. The highest BCUT2D eigenvalue weighted by molar-refractivity contribution is 5.91. The molecule has 1 saturated heterocycles. The second-order valence-electron chi connectivity index (χ2n) is 7.03. The van der Waals surface area contributed by atoms with Gasteiger partial charge in [0, 0.05) is 38.0 Å². The minimum Gasteiger partial charge on any atom is -0.496 e. The van der Waals surface area contributed by atoms with Crippen molar-refractivity contribution in [1.29, 1.82) is 0 Å².